The number of hydrogen-bond donors (Lipinski definition) is 2. The monoisotopic (exact) mass is 487 g/mol. The molecule has 10 nitrogen and oxygen atoms in total. The molecule has 0 unspecified atom stereocenters. The molecule has 1 aliphatic heterocycles. The quantitative estimate of drug-likeness (QED) is 0.428. The Labute approximate surface area is 197 Å². The number of esters is 1. The minimum absolute atomic E-state index is 0.0356. The molecule has 34 heavy (non-hydrogen) atoms. The van der Waals surface area contributed by atoms with Crippen LogP contribution in [0.25, 0.3) is 0 Å². The second kappa shape index (κ2) is 9.74. The predicted octanol–water partition coefficient (Wildman–Crippen LogP) is 1.93. The third kappa shape index (κ3) is 5.15. The first-order valence-corrected chi connectivity index (χ1v) is 12.0. The Morgan fingerprint density at radius 2 is 1.41 bits per heavy atom. The van der Waals surface area contributed by atoms with Crippen molar-refractivity contribution < 1.29 is 32.3 Å². The molecule has 0 fully saturated rings. The molecule has 180 valence electrons. The van der Waals surface area contributed by atoms with Crippen molar-refractivity contribution in [2.75, 3.05) is 5.32 Å². The van der Waals surface area contributed by atoms with Crippen LogP contribution < -0.4 is 10.0 Å². The highest BCUT2D eigenvalue weighted by Gasteiger charge is 2.41. The highest BCUT2D eigenvalue weighted by Crippen LogP contribution is 2.25. The Morgan fingerprint density at radius 3 is 1.91 bits per heavy atom. The number of nitrogens with one attached hydrogen (secondary N) is 2. The van der Waals surface area contributed by atoms with Crippen molar-refractivity contribution in [3.63, 3.8) is 0 Å². The van der Waals surface area contributed by atoms with Gasteiger partial charge in [0.1, 0.15) is 6.04 Å². The van der Waals surface area contributed by atoms with Crippen LogP contribution in [0.2, 0.25) is 0 Å². The third-order valence-electron chi connectivity index (χ3n) is 5.04. The number of fused-ring (bicyclic) bond motifs is 1. The first-order chi connectivity index (χ1) is 15.9. The summed E-state index contributed by atoms with van der Waals surface area (Å²) in [6.07, 6.45) is -1.24. The third-order valence-corrected chi connectivity index (χ3v) is 6.71. The molecule has 2 atom stereocenters. The molecule has 0 saturated carbocycles. The van der Waals surface area contributed by atoms with E-state index >= 15 is 0 Å². The van der Waals surface area contributed by atoms with E-state index in [9.17, 15) is 27.6 Å². The molecule has 2 aromatic rings. The molecule has 3 rings (SSSR count). The summed E-state index contributed by atoms with van der Waals surface area (Å²) in [4.78, 5) is 50.9. The van der Waals surface area contributed by atoms with Gasteiger partial charge < -0.3 is 10.1 Å². The highest BCUT2D eigenvalue weighted by molar-refractivity contribution is 7.89. The van der Waals surface area contributed by atoms with Gasteiger partial charge in [0.2, 0.25) is 10.0 Å². The number of sulfonamides is 1. The molecule has 0 aliphatic carbocycles. The Balaban J connectivity index is 1.61. The average Bonchev–Trinajstić information content (AvgIpc) is 3.03. The van der Waals surface area contributed by atoms with Crippen LogP contribution in [0, 0.1) is 0 Å². The summed E-state index contributed by atoms with van der Waals surface area (Å²) in [6, 6.07) is 10.2. The van der Waals surface area contributed by atoms with E-state index in [2.05, 4.69) is 10.0 Å². The zero-order valence-corrected chi connectivity index (χ0v) is 19.9. The molecule has 2 aromatic carbocycles. The van der Waals surface area contributed by atoms with Gasteiger partial charge in [-0.05, 0) is 64.1 Å². The van der Waals surface area contributed by atoms with Crippen LogP contribution in [0.4, 0.5) is 5.69 Å². The summed E-state index contributed by atoms with van der Waals surface area (Å²) < 4.78 is 32.0. The summed E-state index contributed by atoms with van der Waals surface area (Å²) in [7, 11) is -3.68. The van der Waals surface area contributed by atoms with Gasteiger partial charge in [-0.3, -0.25) is 19.3 Å². The molecule has 11 heteroatoms. The van der Waals surface area contributed by atoms with E-state index in [4.69, 9.17) is 4.74 Å². The number of amides is 3. The normalized spacial score (nSPS) is 15.1. The summed E-state index contributed by atoms with van der Waals surface area (Å²) in [5.41, 5.74) is 0.698. The molecule has 0 aromatic heterocycles. The van der Waals surface area contributed by atoms with Gasteiger partial charge in [0.15, 0.2) is 6.10 Å². The van der Waals surface area contributed by atoms with E-state index in [-0.39, 0.29) is 22.1 Å². The van der Waals surface area contributed by atoms with Gasteiger partial charge in [0, 0.05) is 11.7 Å². The number of carbonyl (C=O) groups is 4. The molecule has 0 spiro atoms. The van der Waals surface area contributed by atoms with Crippen LogP contribution >= 0.6 is 0 Å². The molecule has 0 bridgehead atoms. The van der Waals surface area contributed by atoms with Crippen LogP contribution in [0.15, 0.2) is 53.4 Å². The number of ether oxygens (including phenoxy) is 1. The van der Waals surface area contributed by atoms with Crippen LogP contribution in [0.1, 0.15) is 48.4 Å². The number of carbonyl (C=O) groups excluding carboxylic acids is 4. The number of rotatable bonds is 8. The zero-order chi connectivity index (χ0) is 25.2. The van der Waals surface area contributed by atoms with E-state index in [0.29, 0.717) is 5.69 Å². The Bertz CT molecular complexity index is 1200. The highest BCUT2D eigenvalue weighted by atomic mass is 32.2. The van der Waals surface area contributed by atoms with Crippen LogP contribution in [0.3, 0.4) is 0 Å². The van der Waals surface area contributed by atoms with Crippen molar-refractivity contribution in [2.24, 2.45) is 0 Å². The largest absolute Gasteiger partial charge is 0.451 e. The Morgan fingerprint density at radius 1 is 0.882 bits per heavy atom. The smallest absolute Gasteiger partial charge is 0.329 e. The van der Waals surface area contributed by atoms with Crippen molar-refractivity contribution in [1.29, 1.82) is 0 Å². The van der Waals surface area contributed by atoms with Crippen molar-refractivity contribution in [3.05, 3.63) is 59.7 Å². The molecule has 3 amide bonds. The average molecular weight is 488 g/mol. The first kappa shape index (κ1) is 25.1. The van der Waals surface area contributed by atoms with Crippen LogP contribution in [-0.4, -0.2) is 55.2 Å². The van der Waals surface area contributed by atoms with Crippen molar-refractivity contribution in [2.45, 2.75) is 50.8 Å². The summed E-state index contributed by atoms with van der Waals surface area (Å²) >= 11 is 0. The van der Waals surface area contributed by atoms with Crippen molar-refractivity contribution in [1.82, 2.24) is 9.62 Å². The summed E-state index contributed by atoms with van der Waals surface area (Å²) in [6.45, 7) is 6.08. The van der Waals surface area contributed by atoms with E-state index in [1.807, 2.05) is 0 Å². The zero-order valence-electron chi connectivity index (χ0n) is 19.1. The summed E-state index contributed by atoms with van der Waals surface area (Å²) in [5.74, 6) is -2.80. The molecule has 0 radical (unpaired) electrons. The van der Waals surface area contributed by atoms with E-state index < -0.39 is 45.9 Å². The Kier molecular flexibility index (Phi) is 7.18. The van der Waals surface area contributed by atoms with Gasteiger partial charge in [0.25, 0.3) is 17.7 Å². The van der Waals surface area contributed by atoms with E-state index in [1.165, 1.54) is 50.2 Å². The SMILES string of the molecule is CC(C)NS(=O)(=O)c1ccc(NC(=O)[C@@H](C)OC(=O)[C@H](C)N2C(=O)c3ccccc3C2=O)cc1. The maximum absolute atomic E-state index is 12.6. The fraction of sp³-hybridized carbons (Fsp3) is 0.304. The lowest BCUT2D eigenvalue weighted by Gasteiger charge is -2.22. The predicted molar refractivity (Wildman–Crippen MR) is 122 cm³/mol. The molecule has 2 N–H and O–H groups in total. The molecule has 0 saturated heterocycles. The number of imide groups is 1. The standard InChI is InChI=1S/C23H25N3O7S/c1-13(2)25-34(31,32)17-11-9-16(10-12-17)24-20(27)15(4)33-23(30)14(3)26-21(28)18-7-5-6-8-19(18)22(26)29/h5-15,25H,1-4H3,(H,24,27)/t14-,15+/m0/s1. The molecular weight excluding hydrogens is 462 g/mol. The number of nitrogens with zero attached hydrogens (tertiary/aromatic N) is 1. The number of hydrogen-bond acceptors (Lipinski definition) is 7. The number of benzene rings is 2. The first-order valence-electron chi connectivity index (χ1n) is 10.5. The lowest BCUT2D eigenvalue weighted by molar-refractivity contribution is -0.156. The lowest BCUT2D eigenvalue weighted by atomic mass is 10.1. The summed E-state index contributed by atoms with van der Waals surface area (Å²) in [5, 5.41) is 2.53. The fourth-order valence-electron chi connectivity index (χ4n) is 3.33. The Hall–Kier alpha value is -3.57. The van der Waals surface area contributed by atoms with Gasteiger partial charge in [-0.15, -0.1) is 0 Å². The van der Waals surface area contributed by atoms with E-state index in [0.717, 1.165) is 4.90 Å². The van der Waals surface area contributed by atoms with Gasteiger partial charge >= 0.3 is 5.97 Å². The molecule has 1 aliphatic rings. The van der Waals surface area contributed by atoms with Gasteiger partial charge in [-0.1, -0.05) is 12.1 Å². The minimum Gasteiger partial charge on any atom is -0.451 e. The van der Waals surface area contributed by atoms with Crippen molar-refractivity contribution >= 4 is 39.4 Å². The second-order valence-electron chi connectivity index (χ2n) is 8.07. The molecular formula is C23H25N3O7S. The second-order valence-corrected chi connectivity index (χ2v) is 9.78. The van der Waals surface area contributed by atoms with Crippen LogP contribution in [0.5, 0.6) is 0 Å². The topological polar surface area (TPSA) is 139 Å². The minimum atomic E-state index is -3.68. The number of anilines is 1. The van der Waals surface area contributed by atoms with Gasteiger partial charge in [0.05, 0.1) is 16.0 Å². The molecule has 1 heterocycles. The van der Waals surface area contributed by atoms with Crippen molar-refractivity contribution in [3.8, 4) is 0 Å². The fourth-order valence-corrected chi connectivity index (χ4v) is 4.58. The van der Waals surface area contributed by atoms with Gasteiger partial charge in [-0.2, -0.15) is 0 Å². The maximum Gasteiger partial charge on any atom is 0.329 e. The van der Waals surface area contributed by atoms with Crippen LogP contribution in [-0.2, 0) is 24.3 Å². The van der Waals surface area contributed by atoms with Gasteiger partial charge in [-0.25, -0.2) is 17.9 Å². The lowest BCUT2D eigenvalue weighted by Crippen LogP contribution is -2.45. The van der Waals surface area contributed by atoms with E-state index in [1.54, 1.807) is 26.0 Å². The maximum atomic E-state index is 12.6.